The largest absolute Gasteiger partial charge is 0.351 e. The Balaban J connectivity index is 1.78. The molecule has 3 nitrogen and oxygen atoms in total. The quantitative estimate of drug-likeness (QED) is 0.902. The van der Waals surface area contributed by atoms with Crippen molar-refractivity contribution in [2.24, 2.45) is 5.92 Å². The molecule has 1 unspecified atom stereocenters. The van der Waals surface area contributed by atoms with Crippen LogP contribution in [0.1, 0.15) is 17.7 Å². The molecule has 0 spiro atoms. The molecule has 1 saturated heterocycles. The predicted molar refractivity (Wildman–Crippen MR) is 71.3 cm³/mol. The fourth-order valence-corrected chi connectivity index (χ4v) is 3.01. The van der Waals surface area contributed by atoms with E-state index in [1.807, 2.05) is 17.5 Å². The van der Waals surface area contributed by atoms with Crippen molar-refractivity contribution in [3.05, 3.63) is 22.4 Å². The summed E-state index contributed by atoms with van der Waals surface area (Å²) in [6.07, 6.45) is -0.729. The number of carbonyl (C=O) groups excluding carboxylic acids is 1. The summed E-state index contributed by atoms with van der Waals surface area (Å²) in [6, 6.07) is 3.91. The molecule has 0 bridgehead atoms. The second kappa shape index (κ2) is 6.96. The predicted octanol–water partition coefficient (Wildman–Crippen LogP) is 2.34. The summed E-state index contributed by atoms with van der Waals surface area (Å²) in [5.74, 6) is -0.181. The molecule has 1 fully saturated rings. The normalized spacial score (nSPS) is 20.7. The minimum absolute atomic E-state index is 0.0210. The summed E-state index contributed by atoms with van der Waals surface area (Å²) in [4.78, 5) is 14.8. The monoisotopic (exact) mass is 288 g/mol. The van der Waals surface area contributed by atoms with Crippen LogP contribution in [0.2, 0.25) is 0 Å². The second-order valence-electron chi connectivity index (χ2n) is 4.79. The number of likely N-dealkylation sites (tertiary alicyclic amines) is 1. The first-order valence-corrected chi connectivity index (χ1v) is 7.33. The zero-order chi connectivity index (χ0) is 13.7. The van der Waals surface area contributed by atoms with E-state index in [2.05, 4.69) is 5.32 Å². The third kappa shape index (κ3) is 4.54. The van der Waals surface area contributed by atoms with Gasteiger partial charge in [0.05, 0.1) is 19.0 Å². The fourth-order valence-electron chi connectivity index (χ4n) is 2.36. The number of hydrogen-bond donors (Lipinski definition) is 1. The molecular formula is C13H18F2N2OS. The number of carbonyl (C=O) groups is 1. The second-order valence-corrected chi connectivity index (χ2v) is 5.82. The summed E-state index contributed by atoms with van der Waals surface area (Å²) < 4.78 is 24.7. The molecule has 2 rings (SSSR count). The van der Waals surface area contributed by atoms with Crippen LogP contribution >= 0.6 is 11.3 Å². The van der Waals surface area contributed by atoms with Gasteiger partial charge in [-0.3, -0.25) is 9.69 Å². The smallest absolute Gasteiger partial charge is 0.251 e. The van der Waals surface area contributed by atoms with Gasteiger partial charge in [-0.25, -0.2) is 8.78 Å². The molecule has 0 aliphatic carbocycles. The van der Waals surface area contributed by atoms with E-state index in [4.69, 9.17) is 0 Å². The van der Waals surface area contributed by atoms with Crippen molar-refractivity contribution in [2.45, 2.75) is 25.8 Å². The van der Waals surface area contributed by atoms with E-state index < -0.39 is 6.43 Å². The number of hydrogen-bond acceptors (Lipinski definition) is 3. The van der Waals surface area contributed by atoms with Crippen molar-refractivity contribution in [2.75, 3.05) is 19.6 Å². The molecule has 1 amide bonds. The molecule has 1 atom stereocenters. The summed E-state index contributed by atoms with van der Waals surface area (Å²) in [6.45, 7) is 1.41. The van der Waals surface area contributed by atoms with Crippen LogP contribution in [-0.2, 0) is 11.3 Å². The first-order chi connectivity index (χ1) is 9.15. The van der Waals surface area contributed by atoms with Gasteiger partial charge in [0.1, 0.15) is 0 Å². The Bertz CT molecular complexity index is 397. The number of amides is 1. The molecule has 19 heavy (non-hydrogen) atoms. The molecule has 0 radical (unpaired) electrons. The van der Waals surface area contributed by atoms with Gasteiger partial charge in [-0.1, -0.05) is 6.07 Å². The third-order valence-electron chi connectivity index (χ3n) is 3.29. The number of thiophene rings is 1. The maximum absolute atomic E-state index is 12.3. The molecular weight excluding hydrogens is 270 g/mol. The maximum Gasteiger partial charge on any atom is 0.251 e. The summed E-state index contributed by atoms with van der Waals surface area (Å²) in [5.41, 5.74) is 0. The first kappa shape index (κ1) is 14.4. The molecule has 1 N–H and O–H groups in total. The Morgan fingerprint density at radius 2 is 2.42 bits per heavy atom. The van der Waals surface area contributed by atoms with E-state index in [0.29, 0.717) is 19.6 Å². The van der Waals surface area contributed by atoms with E-state index in [1.165, 1.54) is 0 Å². The van der Waals surface area contributed by atoms with Crippen molar-refractivity contribution < 1.29 is 13.6 Å². The number of nitrogens with zero attached hydrogens (tertiary/aromatic N) is 1. The first-order valence-electron chi connectivity index (χ1n) is 6.45. The van der Waals surface area contributed by atoms with Gasteiger partial charge in [0.2, 0.25) is 5.91 Å². The van der Waals surface area contributed by atoms with E-state index in [0.717, 1.165) is 17.7 Å². The lowest BCUT2D eigenvalue weighted by molar-refractivity contribution is -0.127. The van der Waals surface area contributed by atoms with Gasteiger partial charge in [0.25, 0.3) is 6.43 Å². The number of alkyl halides is 2. The average molecular weight is 288 g/mol. The Labute approximate surface area is 115 Å². The highest BCUT2D eigenvalue weighted by Crippen LogP contribution is 2.18. The average Bonchev–Trinajstić information content (AvgIpc) is 2.88. The maximum atomic E-state index is 12.3. The van der Waals surface area contributed by atoms with Gasteiger partial charge >= 0.3 is 0 Å². The highest BCUT2D eigenvalue weighted by Gasteiger charge is 2.26. The molecule has 0 aromatic carbocycles. The Morgan fingerprint density at radius 1 is 1.58 bits per heavy atom. The van der Waals surface area contributed by atoms with Gasteiger partial charge in [-0.15, -0.1) is 11.3 Å². The molecule has 2 heterocycles. The summed E-state index contributed by atoms with van der Waals surface area (Å²) in [5, 5.41) is 4.85. The summed E-state index contributed by atoms with van der Waals surface area (Å²) >= 11 is 1.60. The van der Waals surface area contributed by atoms with Crippen molar-refractivity contribution in [3.63, 3.8) is 0 Å². The van der Waals surface area contributed by atoms with Crippen molar-refractivity contribution >= 4 is 17.2 Å². The van der Waals surface area contributed by atoms with E-state index in [-0.39, 0.29) is 18.4 Å². The Hall–Kier alpha value is -1.01. The van der Waals surface area contributed by atoms with Crippen molar-refractivity contribution in [1.82, 2.24) is 10.2 Å². The molecule has 6 heteroatoms. The Kier molecular flexibility index (Phi) is 5.27. The van der Waals surface area contributed by atoms with Crippen LogP contribution in [0.15, 0.2) is 17.5 Å². The zero-order valence-electron chi connectivity index (χ0n) is 10.6. The minimum Gasteiger partial charge on any atom is -0.351 e. The van der Waals surface area contributed by atoms with Gasteiger partial charge < -0.3 is 5.32 Å². The topological polar surface area (TPSA) is 32.3 Å². The lowest BCUT2D eigenvalue weighted by Gasteiger charge is -2.31. The van der Waals surface area contributed by atoms with E-state index in [9.17, 15) is 13.6 Å². The standard InChI is InChI=1S/C13H18F2N2OS/c14-12(15)9-17-5-1-3-10(8-17)13(18)16-7-11-4-2-6-19-11/h2,4,6,10,12H,1,3,5,7-9H2,(H,16,18). The van der Waals surface area contributed by atoms with Crippen LogP contribution in [0.4, 0.5) is 8.78 Å². The van der Waals surface area contributed by atoms with Crippen LogP contribution in [0.5, 0.6) is 0 Å². The highest BCUT2D eigenvalue weighted by atomic mass is 32.1. The molecule has 106 valence electrons. The molecule has 0 saturated carbocycles. The molecule has 1 aliphatic heterocycles. The lowest BCUT2D eigenvalue weighted by atomic mass is 9.97. The van der Waals surface area contributed by atoms with Crippen molar-refractivity contribution in [1.29, 1.82) is 0 Å². The number of nitrogens with one attached hydrogen (secondary N) is 1. The van der Waals surface area contributed by atoms with Gasteiger partial charge in [-0.2, -0.15) is 0 Å². The molecule has 1 aliphatic rings. The Morgan fingerprint density at radius 3 is 3.11 bits per heavy atom. The van der Waals surface area contributed by atoms with Crippen LogP contribution in [-0.4, -0.2) is 36.9 Å². The highest BCUT2D eigenvalue weighted by molar-refractivity contribution is 7.09. The van der Waals surface area contributed by atoms with Crippen LogP contribution in [0, 0.1) is 5.92 Å². The zero-order valence-corrected chi connectivity index (χ0v) is 11.5. The van der Waals surface area contributed by atoms with Crippen molar-refractivity contribution in [3.8, 4) is 0 Å². The van der Waals surface area contributed by atoms with Crippen LogP contribution < -0.4 is 5.32 Å². The summed E-state index contributed by atoms with van der Waals surface area (Å²) in [7, 11) is 0. The van der Waals surface area contributed by atoms with E-state index >= 15 is 0 Å². The number of piperidine rings is 1. The molecule has 1 aromatic rings. The fraction of sp³-hybridized carbons (Fsp3) is 0.615. The van der Waals surface area contributed by atoms with Crippen LogP contribution in [0.25, 0.3) is 0 Å². The minimum atomic E-state index is -2.33. The lowest BCUT2D eigenvalue weighted by Crippen LogP contribution is -2.44. The number of halogens is 2. The SMILES string of the molecule is O=C(NCc1cccs1)C1CCCN(CC(F)F)C1. The number of rotatable bonds is 5. The van der Waals surface area contributed by atoms with Gasteiger partial charge in [0, 0.05) is 11.4 Å². The van der Waals surface area contributed by atoms with E-state index in [1.54, 1.807) is 16.2 Å². The van der Waals surface area contributed by atoms with Gasteiger partial charge in [0.15, 0.2) is 0 Å². The van der Waals surface area contributed by atoms with Crippen LogP contribution in [0.3, 0.4) is 0 Å². The van der Waals surface area contributed by atoms with Gasteiger partial charge in [-0.05, 0) is 30.8 Å². The third-order valence-corrected chi connectivity index (χ3v) is 4.17. The molecule has 1 aromatic heterocycles.